The van der Waals surface area contributed by atoms with Crippen molar-refractivity contribution in [3.8, 4) is 0 Å². The minimum absolute atomic E-state index is 0.0592. The van der Waals surface area contributed by atoms with Gasteiger partial charge in [0.2, 0.25) is 11.8 Å². The number of anilines is 1. The number of amides is 2. The lowest BCUT2D eigenvalue weighted by molar-refractivity contribution is -0.928. The Morgan fingerprint density at radius 1 is 1.21 bits per heavy atom. The van der Waals surface area contributed by atoms with Gasteiger partial charge in [-0.05, 0) is 43.9 Å². The molecule has 0 saturated carbocycles. The number of rotatable bonds is 7. The van der Waals surface area contributed by atoms with E-state index in [0.717, 1.165) is 36.8 Å². The predicted molar refractivity (Wildman–Crippen MR) is 96.1 cm³/mol. The molecule has 1 aromatic rings. The molecule has 1 aliphatic rings. The Hall–Kier alpha value is -1.88. The van der Waals surface area contributed by atoms with Gasteiger partial charge in [-0.3, -0.25) is 9.59 Å². The third-order valence-corrected chi connectivity index (χ3v) is 4.72. The molecule has 1 fully saturated rings. The zero-order valence-electron chi connectivity index (χ0n) is 14.9. The maximum absolute atomic E-state index is 12.0. The maximum Gasteiger partial charge on any atom is 0.224 e. The molecule has 0 spiro atoms. The van der Waals surface area contributed by atoms with E-state index >= 15 is 0 Å². The van der Waals surface area contributed by atoms with E-state index < -0.39 is 0 Å². The summed E-state index contributed by atoms with van der Waals surface area (Å²) in [5.41, 5.74) is 1.71. The van der Waals surface area contributed by atoms with E-state index in [0.29, 0.717) is 6.42 Å². The molecule has 1 heterocycles. The summed E-state index contributed by atoms with van der Waals surface area (Å²) in [5, 5.41) is 5.73. The van der Waals surface area contributed by atoms with Crippen molar-refractivity contribution >= 4 is 17.5 Å². The number of carbonyl (C=O) groups excluding carboxylic acids is 2. The van der Waals surface area contributed by atoms with Crippen molar-refractivity contribution in [2.24, 2.45) is 0 Å². The van der Waals surface area contributed by atoms with E-state index in [4.69, 9.17) is 0 Å². The summed E-state index contributed by atoms with van der Waals surface area (Å²) in [7, 11) is 0. The van der Waals surface area contributed by atoms with Gasteiger partial charge >= 0.3 is 0 Å². The Bertz CT molecular complexity index is 542. The first kappa shape index (κ1) is 18.5. The van der Waals surface area contributed by atoms with Crippen LogP contribution in [-0.2, 0) is 16.0 Å². The molecule has 5 nitrogen and oxygen atoms in total. The van der Waals surface area contributed by atoms with Crippen molar-refractivity contribution < 1.29 is 14.5 Å². The van der Waals surface area contributed by atoms with Crippen molar-refractivity contribution in [3.63, 3.8) is 0 Å². The molecule has 24 heavy (non-hydrogen) atoms. The van der Waals surface area contributed by atoms with Crippen LogP contribution in [0.15, 0.2) is 24.3 Å². The molecule has 1 aromatic carbocycles. The third kappa shape index (κ3) is 6.32. The second-order valence-electron chi connectivity index (χ2n) is 6.81. The monoisotopic (exact) mass is 332 g/mol. The van der Waals surface area contributed by atoms with E-state index in [1.54, 1.807) is 4.90 Å². The van der Waals surface area contributed by atoms with E-state index in [1.807, 2.05) is 24.3 Å². The summed E-state index contributed by atoms with van der Waals surface area (Å²) in [6, 6.07) is 8.17. The second-order valence-corrected chi connectivity index (χ2v) is 6.81. The van der Waals surface area contributed by atoms with Gasteiger partial charge in [0.15, 0.2) is 0 Å². The van der Waals surface area contributed by atoms with Gasteiger partial charge in [0, 0.05) is 25.6 Å². The molecule has 2 rings (SSSR count). The molecule has 0 radical (unpaired) electrons. The fraction of sp³-hybridized carbons (Fsp3) is 0.579. The fourth-order valence-corrected chi connectivity index (χ4v) is 3.32. The number of hydrogen-bond donors (Lipinski definition) is 3. The summed E-state index contributed by atoms with van der Waals surface area (Å²) in [6.07, 6.45) is 5.44. The topological polar surface area (TPSA) is 62.6 Å². The zero-order valence-corrected chi connectivity index (χ0v) is 14.9. The molecular formula is C19H30N3O2+. The number of piperidine rings is 1. The summed E-state index contributed by atoms with van der Waals surface area (Å²) in [5.74, 6) is -0.0328. The number of carbonyl (C=O) groups is 2. The molecule has 5 heteroatoms. The van der Waals surface area contributed by atoms with Gasteiger partial charge in [-0.15, -0.1) is 0 Å². The first-order valence-electron chi connectivity index (χ1n) is 9.02. The highest BCUT2D eigenvalue weighted by Gasteiger charge is 2.20. The van der Waals surface area contributed by atoms with Crippen LogP contribution in [-0.4, -0.2) is 37.5 Å². The average Bonchev–Trinajstić information content (AvgIpc) is 2.54. The number of hydrogen-bond acceptors (Lipinski definition) is 2. The van der Waals surface area contributed by atoms with Crippen LogP contribution in [0.3, 0.4) is 0 Å². The highest BCUT2D eigenvalue weighted by Crippen LogP contribution is 2.10. The molecule has 3 N–H and O–H groups in total. The molecule has 1 unspecified atom stereocenters. The maximum atomic E-state index is 12.0. The van der Waals surface area contributed by atoms with Crippen LogP contribution in [0.4, 0.5) is 5.69 Å². The lowest BCUT2D eigenvalue weighted by Gasteiger charge is -2.30. The van der Waals surface area contributed by atoms with Crippen LogP contribution in [0.2, 0.25) is 0 Å². The smallest absolute Gasteiger partial charge is 0.224 e. The molecule has 2 atom stereocenters. The highest BCUT2D eigenvalue weighted by atomic mass is 16.2. The van der Waals surface area contributed by atoms with Gasteiger partial charge in [0.25, 0.3) is 0 Å². The summed E-state index contributed by atoms with van der Waals surface area (Å²) < 4.78 is 0. The second kappa shape index (κ2) is 9.42. The Morgan fingerprint density at radius 3 is 2.62 bits per heavy atom. The summed E-state index contributed by atoms with van der Waals surface area (Å²) in [4.78, 5) is 24.7. The quantitative estimate of drug-likeness (QED) is 0.656. The largest absolute Gasteiger partial charge is 0.356 e. The molecule has 0 aliphatic carbocycles. The van der Waals surface area contributed by atoms with Crippen LogP contribution in [0.1, 0.15) is 45.1 Å². The van der Waals surface area contributed by atoms with Gasteiger partial charge in [-0.2, -0.15) is 0 Å². The lowest BCUT2D eigenvalue weighted by atomic mass is 10.0. The van der Waals surface area contributed by atoms with E-state index in [1.165, 1.54) is 32.7 Å². The summed E-state index contributed by atoms with van der Waals surface area (Å²) >= 11 is 0. The van der Waals surface area contributed by atoms with E-state index in [9.17, 15) is 9.59 Å². The molecule has 0 aromatic heterocycles. The Labute approximate surface area is 144 Å². The molecule has 1 aliphatic heterocycles. The van der Waals surface area contributed by atoms with Gasteiger partial charge < -0.3 is 15.5 Å². The van der Waals surface area contributed by atoms with Crippen molar-refractivity contribution in [2.75, 3.05) is 25.0 Å². The first-order chi connectivity index (χ1) is 11.5. The Balaban J connectivity index is 1.65. The Kier molecular flexibility index (Phi) is 7.25. The predicted octanol–water partition coefficient (Wildman–Crippen LogP) is 1.15. The van der Waals surface area contributed by atoms with Crippen LogP contribution in [0.25, 0.3) is 0 Å². The fourth-order valence-electron chi connectivity index (χ4n) is 3.32. The SMILES string of the molecule is CC(=O)Nc1ccc(CC(=O)NCCC[NH+]2CCCC[C@@H]2C)cc1. The van der Waals surface area contributed by atoms with Crippen molar-refractivity contribution in [2.45, 2.75) is 52.0 Å². The average molecular weight is 332 g/mol. The van der Waals surface area contributed by atoms with Crippen LogP contribution < -0.4 is 15.5 Å². The van der Waals surface area contributed by atoms with Crippen molar-refractivity contribution in [1.29, 1.82) is 0 Å². The van der Waals surface area contributed by atoms with E-state index in [-0.39, 0.29) is 11.8 Å². The highest BCUT2D eigenvalue weighted by molar-refractivity contribution is 5.88. The van der Waals surface area contributed by atoms with Gasteiger partial charge in [-0.25, -0.2) is 0 Å². The minimum Gasteiger partial charge on any atom is -0.356 e. The summed E-state index contributed by atoms with van der Waals surface area (Å²) in [6.45, 7) is 6.98. The van der Waals surface area contributed by atoms with Crippen LogP contribution in [0.5, 0.6) is 0 Å². The zero-order chi connectivity index (χ0) is 17.4. The first-order valence-corrected chi connectivity index (χ1v) is 9.02. The molecule has 0 bridgehead atoms. The van der Waals surface area contributed by atoms with Crippen LogP contribution in [0, 0.1) is 0 Å². The number of quaternary nitrogens is 1. The van der Waals surface area contributed by atoms with Gasteiger partial charge in [-0.1, -0.05) is 12.1 Å². The van der Waals surface area contributed by atoms with Crippen molar-refractivity contribution in [1.82, 2.24) is 5.32 Å². The molecule has 1 saturated heterocycles. The number of likely N-dealkylation sites (tertiary alicyclic amines) is 1. The molecular weight excluding hydrogens is 302 g/mol. The number of nitrogens with one attached hydrogen (secondary N) is 3. The van der Waals surface area contributed by atoms with Gasteiger partial charge in [0.1, 0.15) is 0 Å². The standard InChI is InChI=1S/C19H29N3O2/c1-15-6-3-4-12-22(15)13-5-11-20-19(24)14-17-7-9-18(10-8-17)21-16(2)23/h7-10,15H,3-6,11-14H2,1-2H3,(H,20,24)(H,21,23)/p+1/t15-/m0/s1. The minimum atomic E-state index is -0.0920. The normalized spacial score (nSPS) is 20.4. The molecule has 2 amide bonds. The third-order valence-electron chi connectivity index (χ3n) is 4.72. The lowest BCUT2D eigenvalue weighted by Crippen LogP contribution is -3.16. The van der Waals surface area contributed by atoms with E-state index in [2.05, 4.69) is 17.6 Å². The number of benzene rings is 1. The van der Waals surface area contributed by atoms with Crippen molar-refractivity contribution in [3.05, 3.63) is 29.8 Å². The van der Waals surface area contributed by atoms with Gasteiger partial charge in [0.05, 0.1) is 25.6 Å². The Morgan fingerprint density at radius 2 is 1.96 bits per heavy atom. The van der Waals surface area contributed by atoms with Crippen LogP contribution >= 0.6 is 0 Å². The molecule has 132 valence electrons.